The van der Waals surface area contributed by atoms with Crippen LogP contribution in [-0.4, -0.2) is 67.4 Å². The number of nitrogens with one attached hydrogen (secondary N) is 3. The van der Waals surface area contributed by atoms with Gasteiger partial charge in [-0.1, -0.05) is 30.3 Å². The van der Waals surface area contributed by atoms with Crippen molar-refractivity contribution in [2.75, 3.05) is 39.8 Å². The van der Waals surface area contributed by atoms with E-state index in [1.165, 1.54) is 13.1 Å². The first-order valence-corrected chi connectivity index (χ1v) is 10.1. The summed E-state index contributed by atoms with van der Waals surface area (Å²) in [4.78, 5) is 42.8. The number of hydrogen-bond donors (Lipinski definition) is 3. The molecule has 0 atom stereocenters. The van der Waals surface area contributed by atoms with Gasteiger partial charge in [0.15, 0.2) is 0 Å². The number of carbonyl (C=O) groups excluding carboxylic acids is 3. The first-order valence-electron chi connectivity index (χ1n) is 10.1. The highest BCUT2D eigenvalue weighted by Gasteiger charge is 2.17. The first-order chi connectivity index (χ1) is 14.6. The van der Waals surface area contributed by atoms with Gasteiger partial charge in [-0.3, -0.25) is 14.4 Å². The average Bonchev–Trinajstić information content (AvgIpc) is 2.77. The molecule has 166 valence electrons. The molecule has 0 spiro atoms. The van der Waals surface area contributed by atoms with Gasteiger partial charge in [0.25, 0.3) is 11.8 Å². The maximum atomic E-state index is 12.7. The molecular weight excluding hydrogens is 418 g/mol. The van der Waals surface area contributed by atoms with E-state index in [-0.39, 0.29) is 35.8 Å². The number of pyridine rings is 1. The Hall–Kier alpha value is -2.97. The second kappa shape index (κ2) is 12.0. The number of halogens is 1. The van der Waals surface area contributed by atoms with Gasteiger partial charge in [0, 0.05) is 50.9 Å². The van der Waals surface area contributed by atoms with Crippen molar-refractivity contribution in [3.63, 3.8) is 0 Å². The van der Waals surface area contributed by atoms with Gasteiger partial charge in [0.05, 0.1) is 6.54 Å². The van der Waals surface area contributed by atoms with Crippen LogP contribution < -0.4 is 16.0 Å². The number of hydrogen-bond acceptors (Lipinski definition) is 5. The maximum Gasteiger partial charge on any atom is 0.269 e. The quantitative estimate of drug-likeness (QED) is 0.526. The van der Waals surface area contributed by atoms with Crippen molar-refractivity contribution in [3.8, 4) is 0 Å². The van der Waals surface area contributed by atoms with Gasteiger partial charge in [-0.25, -0.2) is 4.98 Å². The molecule has 3 rings (SSSR count). The summed E-state index contributed by atoms with van der Waals surface area (Å²) >= 11 is 0. The lowest BCUT2D eigenvalue weighted by molar-refractivity contribution is -0.131. The highest BCUT2D eigenvalue weighted by Crippen LogP contribution is 2.12. The summed E-state index contributed by atoms with van der Waals surface area (Å²) < 4.78 is 0. The molecule has 0 unspecified atom stereocenters. The van der Waals surface area contributed by atoms with Crippen LogP contribution in [0.25, 0.3) is 0 Å². The van der Waals surface area contributed by atoms with E-state index in [0.717, 1.165) is 12.1 Å². The summed E-state index contributed by atoms with van der Waals surface area (Å²) in [6.45, 7) is 2.91. The molecular formula is C22H28ClN5O3. The zero-order valence-electron chi connectivity index (χ0n) is 17.5. The molecule has 2 aromatic rings. The van der Waals surface area contributed by atoms with Crippen LogP contribution in [0, 0.1) is 0 Å². The fraction of sp³-hybridized carbons (Fsp3) is 0.364. The molecule has 3 N–H and O–H groups in total. The third-order valence-corrected chi connectivity index (χ3v) is 4.91. The Morgan fingerprint density at radius 3 is 2.65 bits per heavy atom. The molecule has 0 bridgehead atoms. The molecule has 0 aliphatic carbocycles. The van der Waals surface area contributed by atoms with Crippen molar-refractivity contribution in [1.29, 1.82) is 0 Å². The van der Waals surface area contributed by atoms with Gasteiger partial charge in [-0.05, 0) is 24.1 Å². The Morgan fingerprint density at radius 1 is 1.16 bits per heavy atom. The zero-order valence-corrected chi connectivity index (χ0v) is 18.3. The Morgan fingerprint density at radius 2 is 1.94 bits per heavy atom. The van der Waals surface area contributed by atoms with Crippen molar-refractivity contribution in [2.24, 2.45) is 0 Å². The van der Waals surface area contributed by atoms with Gasteiger partial charge in [0.2, 0.25) is 5.91 Å². The number of aromatic nitrogens is 1. The molecule has 1 aromatic carbocycles. The average molecular weight is 446 g/mol. The van der Waals surface area contributed by atoms with Crippen molar-refractivity contribution >= 4 is 30.1 Å². The minimum absolute atomic E-state index is 0. The van der Waals surface area contributed by atoms with E-state index in [1.807, 2.05) is 30.3 Å². The molecule has 3 amide bonds. The van der Waals surface area contributed by atoms with E-state index in [2.05, 4.69) is 20.9 Å². The predicted octanol–water partition coefficient (Wildman–Crippen LogP) is 1.01. The van der Waals surface area contributed by atoms with Crippen LogP contribution in [-0.2, 0) is 11.2 Å². The number of benzene rings is 1. The van der Waals surface area contributed by atoms with Gasteiger partial charge < -0.3 is 20.9 Å². The van der Waals surface area contributed by atoms with Crippen molar-refractivity contribution in [3.05, 3.63) is 65.0 Å². The van der Waals surface area contributed by atoms with Crippen LogP contribution in [0.1, 0.15) is 38.5 Å². The van der Waals surface area contributed by atoms with E-state index in [4.69, 9.17) is 0 Å². The molecule has 1 fully saturated rings. The lowest BCUT2D eigenvalue weighted by Crippen LogP contribution is -2.48. The Labute approximate surface area is 188 Å². The highest BCUT2D eigenvalue weighted by atomic mass is 35.5. The highest BCUT2D eigenvalue weighted by molar-refractivity contribution is 5.98. The van der Waals surface area contributed by atoms with Crippen LogP contribution in [0.4, 0.5) is 0 Å². The molecule has 8 nitrogen and oxygen atoms in total. The van der Waals surface area contributed by atoms with Crippen LogP contribution in [0.15, 0.2) is 42.5 Å². The molecule has 9 heteroatoms. The predicted molar refractivity (Wildman–Crippen MR) is 121 cm³/mol. The smallest absolute Gasteiger partial charge is 0.269 e. The molecule has 1 aromatic heterocycles. The topological polar surface area (TPSA) is 103 Å². The van der Waals surface area contributed by atoms with Crippen molar-refractivity contribution in [1.82, 2.24) is 25.8 Å². The van der Waals surface area contributed by atoms with Gasteiger partial charge in [-0.15, -0.1) is 12.4 Å². The molecule has 31 heavy (non-hydrogen) atoms. The van der Waals surface area contributed by atoms with Crippen molar-refractivity contribution < 1.29 is 14.4 Å². The maximum absolute atomic E-state index is 12.7. The monoisotopic (exact) mass is 445 g/mol. The Bertz CT molecular complexity index is 907. The summed E-state index contributed by atoms with van der Waals surface area (Å²) in [5.74, 6) is -0.512. The zero-order chi connectivity index (χ0) is 21.3. The normalized spacial score (nSPS) is 13.3. The summed E-state index contributed by atoms with van der Waals surface area (Å²) in [5, 5.41) is 8.47. The van der Waals surface area contributed by atoms with E-state index in [9.17, 15) is 14.4 Å². The molecule has 0 radical (unpaired) electrons. The summed E-state index contributed by atoms with van der Waals surface area (Å²) in [6.07, 6.45) is 1.19. The number of nitrogens with zero attached hydrogens (tertiary/aromatic N) is 2. The minimum atomic E-state index is -0.337. The minimum Gasteiger partial charge on any atom is -0.354 e. The third-order valence-electron chi connectivity index (χ3n) is 4.91. The third kappa shape index (κ3) is 7.04. The first kappa shape index (κ1) is 24.3. The molecule has 1 saturated heterocycles. The van der Waals surface area contributed by atoms with E-state index in [0.29, 0.717) is 50.3 Å². The standard InChI is InChI=1S/C22H27N5O3.ClH/c1-23-22(30)19-14-17(13-18(26-19)12-16-6-3-2-4-7-16)21(29)25-8-5-10-27-11-9-24-15-20(27)28;/h2-4,6-7,13-14,24H,5,8-12,15H2,1H3,(H,23,30)(H,25,29);1H. The fourth-order valence-corrected chi connectivity index (χ4v) is 3.32. The van der Waals surface area contributed by atoms with Crippen molar-refractivity contribution in [2.45, 2.75) is 12.8 Å². The lowest BCUT2D eigenvalue weighted by atomic mass is 10.1. The van der Waals surface area contributed by atoms with Crippen LogP contribution in [0.2, 0.25) is 0 Å². The van der Waals surface area contributed by atoms with E-state index < -0.39 is 0 Å². The summed E-state index contributed by atoms with van der Waals surface area (Å²) in [5.41, 5.74) is 2.31. The van der Waals surface area contributed by atoms with E-state index >= 15 is 0 Å². The van der Waals surface area contributed by atoms with E-state index in [1.54, 1.807) is 11.0 Å². The number of amides is 3. The molecule has 0 saturated carbocycles. The largest absolute Gasteiger partial charge is 0.354 e. The molecule has 2 heterocycles. The van der Waals surface area contributed by atoms with Crippen LogP contribution >= 0.6 is 12.4 Å². The Balaban J connectivity index is 0.00000341. The summed E-state index contributed by atoms with van der Waals surface area (Å²) in [6, 6.07) is 13.0. The summed E-state index contributed by atoms with van der Waals surface area (Å²) in [7, 11) is 1.53. The number of carbonyl (C=O) groups is 3. The lowest BCUT2D eigenvalue weighted by Gasteiger charge is -2.27. The SMILES string of the molecule is CNC(=O)c1cc(C(=O)NCCCN2CCNCC2=O)cc(Cc2ccccc2)n1.Cl. The Kier molecular flexibility index (Phi) is 9.42. The van der Waals surface area contributed by atoms with Crippen LogP contribution in [0.3, 0.4) is 0 Å². The fourth-order valence-electron chi connectivity index (χ4n) is 3.32. The second-order valence-corrected chi connectivity index (χ2v) is 7.14. The van der Waals surface area contributed by atoms with Gasteiger partial charge >= 0.3 is 0 Å². The van der Waals surface area contributed by atoms with Crippen LogP contribution in [0.5, 0.6) is 0 Å². The number of rotatable bonds is 8. The second-order valence-electron chi connectivity index (χ2n) is 7.14. The molecule has 1 aliphatic rings. The number of piperazine rings is 1. The molecule has 1 aliphatic heterocycles. The van der Waals surface area contributed by atoms with Gasteiger partial charge in [-0.2, -0.15) is 0 Å². The van der Waals surface area contributed by atoms with Gasteiger partial charge in [0.1, 0.15) is 5.69 Å².